The molecule has 1 atom stereocenters. The van der Waals surface area contributed by atoms with Crippen LogP contribution in [0.25, 0.3) is 0 Å². The Morgan fingerprint density at radius 1 is 1.62 bits per heavy atom. The van der Waals surface area contributed by atoms with E-state index >= 15 is 0 Å². The first kappa shape index (κ1) is 12.6. The lowest BCUT2D eigenvalue weighted by Crippen LogP contribution is -2.29. The molecule has 16 heavy (non-hydrogen) atoms. The van der Waals surface area contributed by atoms with Crippen molar-refractivity contribution in [2.75, 3.05) is 0 Å². The van der Waals surface area contributed by atoms with Crippen molar-refractivity contribution in [3.63, 3.8) is 0 Å². The van der Waals surface area contributed by atoms with E-state index in [9.17, 15) is 9.90 Å². The maximum Gasteiger partial charge on any atom is 0.303 e. The van der Waals surface area contributed by atoms with Gasteiger partial charge in [-0.05, 0) is 13.3 Å². The Bertz CT molecular complexity index is 360. The molecular weight excluding hydrogens is 210 g/mol. The zero-order chi connectivity index (χ0) is 12.2. The minimum atomic E-state index is -0.852. The highest BCUT2D eigenvalue weighted by molar-refractivity contribution is 5.66. The fourth-order valence-electron chi connectivity index (χ4n) is 1.23. The lowest BCUT2D eigenvalue weighted by Gasteiger charge is -2.20. The number of carboxylic acid groups (broad SMARTS) is 1. The normalized spacial score (nSPS) is 14.7. The third-order valence-electron chi connectivity index (χ3n) is 2.45. The molecular formula is C10H17N3O3. The molecule has 1 aromatic rings. The van der Waals surface area contributed by atoms with Crippen LogP contribution in [0.1, 0.15) is 32.4 Å². The fourth-order valence-corrected chi connectivity index (χ4v) is 1.23. The van der Waals surface area contributed by atoms with Crippen molar-refractivity contribution < 1.29 is 15.0 Å². The quantitative estimate of drug-likeness (QED) is 0.737. The lowest BCUT2D eigenvalue weighted by atomic mass is 10.0. The summed E-state index contributed by atoms with van der Waals surface area (Å²) >= 11 is 0. The zero-order valence-electron chi connectivity index (χ0n) is 9.55. The number of aryl methyl sites for hydroxylation is 1. The van der Waals surface area contributed by atoms with Gasteiger partial charge < -0.3 is 10.2 Å². The van der Waals surface area contributed by atoms with Gasteiger partial charge in [0.05, 0.1) is 24.3 Å². The molecule has 0 aromatic carbocycles. The summed E-state index contributed by atoms with van der Waals surface area (Å²) in [6.45, 7) is 3.98. The van der Waals surface area contributed by atoms with Crippen molar-refractivity contribution in [2.24, 2.45) is 0 Å². The Balaban J connectivity index is 2.54. The molecule has 1 heterocycles. The van der Waals surface area contributed by atoms with E-state index in [1.54, 1.807) is 17.8 Å². The number of aliphatic carboxylic acids is 1. The van der Waals surface area contributed by atoms with Gasteiger partial charge in [0.2, 0.25) is 0 Å². The number of hydrogen-bond acceptors (Lipinski definition) is 4. The Labute approximate surface area is 93.9 Å². The summed E-state index contributed by atoms with van der Waals surface area (Å²) in [7, 11) is 0. The van der Waals surface area contributed by atoms with Crippen molar-refractivity contribution in [1.82, 2.24) is 15.0 Å². The van der Waals surface area contributed by atoms with Crippen LogP contribution in [0, 0.1) is 0 Å². The second kappa shape index (κ2) is 5.07. The minimum Gasteiger partial charge on any atom is -0.481 e. The van der Waals surface area contributed by atoms with Crippen molar-refractivity contribution in [1.29, 1.82) is 0 Å². The topological polar surface area (TPSA) is 88.2 Å². The largest absolute Gasteiger partial charge is 0.481 e. The smallest absolute Gasteiger partial charge is 0.303 e. The summed E-state index contributed by atoms with van der Waals surface area (Å²) in [4.78, 5) is 10.4. The van der Waals surface area contributed by atoms with Gasteiger partial charge in [-0.1, -0.05) is 12.1 Å². The van der Waals surface area contributed by atoms with Crippen molar-refractivity contribution in [3.05, 3.63) is 11.9 Å². The molecule has 0 bridgehead atoms. The summed E-state index contributed by atoms with van der Waals surface area (Å²) < 4.78 is 1.54. The van der Waals surface area contributed by atoms with Crippen LogP contribution >= 0.6 is 0 Å². The molecule has 0 spiro atoms. The number of aromatic nitrogens is 3. The van der Waals surface area contributed by atoms with Crippen LogP contribution in [0.2, 0.25) is 0 Å². The molecule has 0 radical (unpaired) electrons. The van der Waals surface area contributed by atoms with E-state index in [1.807, 2.05) is 6.92 Å². The van der Waals surface area contributed by atoms with Crippen molar-refractivity contribution in [2.45, 2.75) is 45.3 Å². The van der Waals surface area contributed by atoms with Crippen molar-refractivity contribution in [3.8, 4) is 0 Å². The molecule has 0 saturated heterocycles. The van der Waals surface area contributed by atoms with Crippen LogP contribution in [0.15, 0.2) is 6.20 Å². The highest BCUT2D eigenvalue weighted by Crippen LogP contribution is 2.11. The van der Waals surface area contributed by atoms with Gasteiger partial charge in [0.1, 0.15) is 0 Å². The van der Waals surface area contributed by atoms with Crippen LogP contribution in [0.4, 0.5) is 0 Å². The average molecular weight is 227 g/mol. The van der Waals surface area contributed by atoms with Crippen LogP contribution in [-0.4, -0.2) is 36.8 Å². The van der Waals surface area contributed by atoms with E-state index in [2.05, 4.69) is 10.3 Å². The number of carbonyl (C=O) groups is 1. The van der Waals surface area contributed by atoms with Gasteiger partial charge in [0, 0.05) is 12.6 Å². The second-order valence-electron chi connectivity index (χ2n) is 4.15. The number of hydrogen-bond donors (Lipinski definition) is 2. The molecule has 0 aliphatic heterocycles. The van der Waals surface area contributed by atoms with Crippen LogP contribution in [0.5, 0.6) is 0 Å². The fraction of sp³-hybridized carbons (Fsp3) is 0.700. The molecule has 0 amide bonds. The number of nitrogens with zero attached hydrogens (tertiary/aromatic N) is 3. The van der Waals surface area contributed by atoms with Gasteiger partial charge in [0.15, 0.2) is 0 Å². The molecule has 0 fully saturated rings. The third kappa shape index (κ3) is 3.98. The Kier molecular flexibility index (Phi) is 4.00. The van der Waals surface area contributed by atoms with Gasteiger partial charge in [-0.2, -0.15) is 0 Å². The van der Waals surface area contributed by atoms with E-state index in [-0.39, 0.29) is 6.42 Å². The highest BCUT2D eigenvalue weighted by atomic mass is 16.4. The third-order valence-corrected chi connectivity index (χ3v) is 2.45. The summed E-state index contributed by atoms with van der Waals surface area (Å²) in [5, 5.41) is 26.0. The molecule has 6 nitrogen and oxygen atoms in total. The number of aliphatic hydroxyl groups is 1. The maximum absolute atomic E-state index is 10.4. The summed E-state index contributed by atoms with van der Waals surface area (Å²) in [5.74, 6) is -0.852. The lowest BCUT2D eigenvalue weighted by molar-refractivity contribution is -0.136. The SMILES string of the molecule is CCC(C)(O)Cn1cc(CCC(=O)O)nn1. The number of carboxylic acids is 1. The molecule has 90 valence electrons. The molecule has 0 saturated carbocycles. The van der Waals surface area contributed by atoms with Gasteiger partial charge in [0.25, 0.3) is 0 Å². The van der Waals surface area contributed by atoms with Gasteiger partial charge in [-0.25, -0.2) is 4.68 Å². The molecule has 0 aliphatic rings. The Morgan fingerprint density at radius 2 is 2.31 bits per heavy atom. The summed E-state index contributed by atoms with van der Waals surface area (Å²) in [5.41, 5.74) is -0.174. The van der Waals surface area contributed by atoms with Gasteiger partial charge in [-0.15, -0.1) is 5.10 Å². The Hall–Kier alpha value is -1.43. The molecule has 6 heteroatoms. The molecule has 2 N–H and O–H groups in total. The molecule has 1 aromatic heterocycles. The van der Waals surface area contributed by atoms with E-state index < -0.39 is 11.6 Å². The summed E-state index contributed by atoms with van der Waals surface area (Å²) in [6.07, 6.45) is 2.71. The predicted molar refractivity (Wildman–Crippen MR) is 56.9 cm³/mol. The van der Waals surface area contributed by atoms with Crippen LogP contribution in [-0.2, 0) is 17.8 Å². The zero-order valence-corrected chi connectivity index (χ0v) is 9.55. The average Bonchev–Trinajstić information content (AvgIpc) is 2.62. The van der Waals surface area contributed by atoms with Crippen LogP contribution < -0.4 is 0 Å². The van der Waals surface area contributed by atoms with E-state index in [1.165, 1.54) is 0 Å². The molecule has 1 unspecified atom stereocenters. The monoisotopic (exact) mass is 227 g/mol. The maximum atomic E-state index is 10.4. The standard InChI is InChI=1S/C10H17N3O3/c1-3-10(2,16)7-13-6-8(11-12-13)4-5-9(14)15/h6,16H,3-5,7H2,1-2H3,(H,14,15). The second-order valence-corrected chi connectivity index (χ2v) is 4.15. The minimum absolute atomic E-state index is 0.0445. The van der Waals surface area contributed by atoms with Gasteiger partial charge in [-0.3, -0.25) is 4.79 Å². The first-order valence-electron chi connectivity index (χ1n) is 5.26. The first-order valence-corrected chi connectivity index (χ1v) is 5.26. The van der Waals surface area contributed by atoms with E-state index in [4.69, 9.17) is 5.11 Å². The van der Waals surface area contributed by atoms with E-state index in [0.29, 0.717) is 25.1 Å². The van der Waals surface area contributed by atoms with Crippen molar-refractivity contribution >= 4 is 5.97 Å². The first-order chi connectivity index (χ1) is 7.43. The summed E-state index contributed by atoms with van der Waals surface area (Å²) in [6, 6.07) is 0. The predicted octanol–water partition coefficient (Wildman–Crippen LogP) is 0.456. The Morgan fingerprint density at radius 3 is 2.88 bits per heavy atom. The molecule has 0 aliphatic carbocycles. The van der Waals surface area contributed by atoms with Crippen LogP contribution in [0.3, 0.4) is 0 Å². The highest BCUT2D eigenvalue weighted by Gasteiger charge is 2.19. The number of rotatable bonds is 6. The molecule has 1 rings (SSSR count). The van der Waals surface area contributed by atoms with E-state index in [0.717, 1.165) is 0 Å². The van der Waals surface area contributed by atoms with Gasteiger partial charge >= 0.3 is 5.97 Å².